The van der Waals surface area contributed by atoms with Crippen molar-refractivity contribution in [3.63, 3.8) is 0 Å². The second-order valence-corrected chi connectivity index (χ2v) is 9.38. The molecule has 2 aliphatic heterocycles. The molecular formula is C26H30N2O3. The second-order valence-electron chi connectivity index (χ2n) is 9.38. The standard InChI is InChI=1S/C26H30N2O3/c1-2-23(29)28-14-11-25(12-15-28)17-26(25,24(30)31)21-9-7-18(8-10-21)20-6-5-19-4-3-13-27-22(19)16-20/h5-10,16,27H,2-4,11-15,17H2,1H3,(H,30,31). The summed E-state index contributed by atoms with van der Waals surface area (Å²) in [7, 11) is 0. The van der Waals surface area contributed by atoms with Crippen molar-refractivity contribution < 1.29 is 14.7 Å². The van der Waals surface area contributed by atoms with Gasteiger partial charge in [0.1, 0.15) is 0 Å². The predicted molar refractivity (Wildman–Crippen MR) is 121 cm³/mol. The number of carbonyl (C=O) groups is 2. The number of hydrogen-bond donors (Lipinski definition) is 2. The van der Waals surface area contributed by atoms with Gasteiger partial charge in [0, 0.05) is 31.7 Å². The number of likely N-dealkylation sites (tertiary alicyclic amines) is 1. The minimum absolute atomic E-state index is 0.167. The van der Waals surface area contributed by atoms with Crippen LogP contribution in [0.4, 0.5) is 5.69 Å². The van der Waals surface area contributed by atoms with Crippen LogP contribution < -0.4 is 5.32 Å². The highest BCUT2D eigenvalue weighted by atomic mass is 16.4. The molecule has 1 saturated carbocycles. The summed E-state index contributed by atoms with van der Waals surface area (Å²) >= 11 is 0. The third kappa shape index (κ3) is 3.13. The van der Waals surface area contributed by atoms with E-state index in [4.69, 9.17) is 0 Å². The highest BCUT2D eigenvalue weighted by Gasteiger charge is 2.72. The summed E-state index contributed by atoms with van der Waals surface area (Å²) in [5.74, 6) is -0.561. The van der Waals surface area contributed by atoms with E-state index < -0.39 is 11.4 Å². The van der Waals surface area contributed by atoms with Gasteiger partial charge in [0.15, 0.2) is 0 Å². The lowest BCUT2D eigenvalue weighted by atomic mass is 9.79. The normalized spacial score (nSPS) is 23.7. The molecule has 2 heterocycles. The number of carboxylic acid groups (broad SMARTS) is 1. The molecular weight excluding hydrogens is 388 g/mol. The maximum absolute atomic E-state index is 12.5. The lowest BCUT2D eigenvalue weighted by Crippen LogP contribution is -2.42. The van der Waals surface area contributed by atoms with Gasteiger partial charge in [-0.2, -0.15) is 0 Å². The molecule has 0 aromatic heterocycles. The Balaban J connectivity index is 1.38. The zero-order valence-corrected chi connectivity index (χ0v) is 18.1. The number of nitrogens with zero attached hydrogens (tertiary/aromatic N) is 1. The van der Waals surface area contributed by atoms with E-state index in [9.17, 15) is 14.7 Å². The molecule has 3 aliphatic rings. The average molecular weight is 419 g/mol. The fraction of sp³-hybridized carbons (Fsp3) is 0.462. The third-order valence-electron chi connectivity index (χ3n) is 7.88. The quantitative estimate of drug-likeness (QED) is 0.769. The van der Waals surface area contributed by atoms with Crippen LogP contribution >= 0.6 is 0 Å². The summed E-state index contributed by atoms with van der Waals surface area (Å²) in [5.41, 5.74) is 4.70. The molecule has 2 N–H and O–H groups in total. The minimum Gasteiger partial charge on any atom is -0.481 e. The van der Waals surface area contributed by atoms with Crippen LogP contribution in [0.3, 0.4) is 0 Å². The number of nitrogens with one attached hydrogen (secondary N) is 1. The molecule has 5 nitrogen and oxygen atoms in total. The van der Waals surface area contributed by atoms with Crippen LogP contribution in [-0.4, -0.2) is 41.5 Å². The number of rotatable bonds is 4. The molecule has 1 atom stereocenters. The van der Waals surface area contributed by atoms with Crippen molar-refractivity contribution in [2.45, 2.75) is 50.9 Å². The van der Waals surface area contributed by atoms with Gasteiger partial charge in [-0.15, -0.1) is 0 Å². The summed E-state index contributed by atoms with van der Waals surface area (Å²) in [6.07, 6.45) is 5.01. The van der Waals surface area contributed by atoms with E-state index in [0.717, 1.165) is 42.5 Å². The van der Waals surface area contributed by atoms with E-state index in [1.807, 2.05) is 24.0 Å². The SMILES string of the molecule is CCC(=O)N1CCC2(CC1)CC2(C(=O)O)c1ccc(-c2ccc3c(c2)NCCC3)cc1. The molecule has 1 aliphatic carbocycles. The highest BCUT2D eigenvalue weighted by Crippen LogP contribution is 2.69. The van der Waals surface area contributed by atoms with E-state index >= 15 is 0 Å². The minimum atomic E-state index is -0.815. The fourth-order valence-electron chi connectivity index (χ4n) is 5.90. The average Bonchev–Trinajstić information content (AvgIpc) is 3.47. The van der Waals surface area contributed by atoms with Gasteiger partial charge in [0.05, 0.1) is 5.41 Å². The Morgan fingerprint density at radius 3 is 2.45 bits per heavy atom. The first-order valence-corrected chi connectivity index (χ1v) is 11.5. The van der Waals surface area contributed by atoms with Gasteiger partial charge in [-0.05, 0) is 65.8 Å². The number of aliphatic carboxylic acids is 1. The Bertz CT molecular complexity index is 1020. The van der Waals surface area contributed by atoms with E-state index in [0.29, 0.717) is 25.9 Å². The topological polar surface area (TPSA) is 69.6 Å². The first kappa shape index (κ1) is 20.1. The van der Waals surface area contributed by atoms with Crippen molar-refractivity contribution in [3.8, 4) is 11.1 Å². The molecule has 31 heavy (non-hydrogen) atoms. The van der Waals surface area contributed by atoms with E-state index in [1.54, 1.807) is 0 Å². The van der Waals surface area contributed by atoms with Gasteiger partial charge >= 0.3 is 5.97 Å². The smallest absolute Gasteiger partial charge is 0.314 e. The number of carbonyl (C=O) groups excluding carboxylic acids is 1. The van der Waals surface area contributed by atoms with Gasteiger partial charge in [-0.25, -0.2) is 0 Å². The Morgan fingerprint density at radius 2 is 1.77 bits per heavy atom. The highest BCUT2D eigenvalue weighted by molar-refractivity contribution is 5.88. The molecule has 1 unspecified atom stereocenters. The summed E-state index contributed by atoms with van der Waals surface area (Å²) in [5, 5.41) is 13.7. The van der Waals surface area contributed by atoms with Crippen LogP contribution in [-0.2, 0) is 21.4 Å². The van der Waals surface area contributed by atoms with Crippen molar-refractivity contribution in [3.05, 3.63) is 53.6 Å². The summed E-state index contributed by atoms with van der Waals surface area (Å²) in [6.45, 7) is 4.23. The lowest BCUT2D eigenvalue weighted by molar-refractivity contribution is -0.141. The monoisotopic (exact) mass is 418 g/mol. The Morgan fingerprint density at radius 1 is 1.06 bits per heavy atom. The first-order valence-electron chi connectivity index (χ1n) is 11.5. The third-order valence-corrected chi connectivity index (χ3v) is 7.88. The molecule has 5 heteroatoms. The molecule has 1 spiro atoms. The number of fused-ring (bicyclic) bond motifs is 1. The van der Waals surface area contributed by atoms with Crippen LogP contribution in [0, 0.1) is 5.41 Å². The molecule has 162 valence electrons. The molecule has 5 rings (SSSR count). The maximum Gasteiger partial charge on any atom is 0.314 e. The van der Waals surface area contributed by atoms with Crippen LogP contribution in [0.5, 0.6) is 0 Å². The Kier molecular flexibility index (Phi) is 4.80. The van der Waals surface area contributed by atoms with Crippen molar-refractivity contribution in [1.29, 1.82) is 0 Å². The molecule has 0 radical (unpaired) electrons. The predicted octanol–water partition coefficient (Wildman–Crippen LogP) is 4.46. The zero-order valence-electron chi connectivity index (χ0n) is 18.1. The summed E-state index contributed by atoms with van der Waals surface area (Å²) in [4.78, 5) is 26.4. The number of anilines is 1. The van der Waals surface area contributed by atoms with Crippen LogP contribution in [0.2, 0.25) is 0 Å². The first-order chi connectivity index (χ1) is 15.0. The summed E-state index contributed by atoms with van der Waals surface area (Å²) < 4.78 is 0. The maximum atomic E-state index is 12.5. The van der Waals surface area contributed by atoms with E-state index in [2.05, 4.69) is 35.6 Å². The molecule has 1 amide bonds. The largest absolute Gasteiger partial charge is 0.481 e. The van der Waals surface area contributed by atoms with Gasteiger partial charge in [-0.3, -0.25) is 9.59 Å². The molecule has 2 fully saturated rings. The summed E-state index contributed by atoms with van der Waals surface area (Å²) in [6, 6.07) is 14.7. The number of hydrogen-bond acceptors (Lipinski definition) is 3. The molecule has 2 aromatic rings. The van der Waals surface area contributed by atoms with Gasteiger partial charge in [-0.1, -0.05) is 43.3 Å². The van der Waals surface area contributed by atoms with E-state index in [-0.39, 0.29) is 11.3 Å². The lowest BCUT2D eigenvalue weighted by Gasteiger charge is -2.34. The van der Waals surface area contributed by atoms with Gasteiger partial charge in [0.2, 0.25) is 5.91 Å². The zero-order chi connectivity index (χ0) is 21.6. The van der Waals surface area contributed by atoms with Crippen molar-refractivity contribution in [1.82, 2.24) is 4.90 Å². The molecule has 2 aromatic carbocycles. The van der Waals surface area contributed by atoms with Crippen LogP contribution in [0.15, 0.2) is 42.5 Å². The van der Waals surface area contributed by atoms with Crippen molar-refractivity contribution in [2.24, 2.45) is 5.41 Å². The number of benzene rings is 2. The Labute approximate surface area is 183 Å². The van der Waals surface area contributed by atoms with Crippen LogP contribution in [0.25, 0.3) is 11.1 Å². The van der Waals surface area contributed by atoms with E-state index in [1.165, 1.54) is 17.7 Å². The second kappa shape index (κ2) is 7.40. The van der Waals surface area contributed by atoms with Gasteiger partial charge < -0.3 is 15.3 Å². The number of aryl methyl sites for hydroxylation is 1. The Hall–Kier alpha value is -2.82. The van der Waals surface area contributed by atoms with Crippen molar-refractivity contribution in [2.75, 3.05) is 25.0 Å². The molecule has 1 saturated heterocycles. The van der Waals surface area contributed by atoms with Crippen LogP contribution in [0.1, 0.15) is 50.2 Å². The molecule has 0 bridgehead atoms. The van der Waals surface area contributed by atoms with Gasteiger partial charge in [0.25, 0.3) is 0 Å². The number of carboxylic acids is 1. The van der Waals surface area contributed by atoms with Crippen molar-refractivity contribution >= 4 is 17.6 Å². The number of piperidine rings is 1. The fourth-order valence-corrected chi connectivity index (χ4v) is 5.90. The number of amides is 1.